The van der Waals surface area contributed by atoms with Crippen LogP contribution in [0, 0.1) is 6.92 Å². The molecule has 0 aliphatic heterocycles. The lowest BCUT2D eigenvalue weighted by molar-refractivity contribution is 0.403. The van der Waals surface area contributed by atoms with Gasteiger partial charge in [0, 0.05) is 6.20 Å². The van der Waals surface area contributed by atoms with Crippen molar-refractivity contribution in [2.45, 2.75) is 31.3 Å². The second-order valence-corrected chi connectivity index (χ2v) is 8.58. The number of rotatable bonds is 5. The van der Waals surface area contributed by atoms with Gasteiger partial charge in [0.25, 0.3) is 15.9 Å². The molecule has 1 N–H and O–H groups in total. The zero-order chi connectivity index (χ0) is 18.2. The van der Waals surface area contributed by atoms with Crippen molar-refractivity contribution >= 4 is 31.8 Å². The van der Waals surface area contributed by atoms with Crippen LogP contribution >= 0.6 is 15.9 Å². The van der Waals surface area contributed by atoms with E-state index in [9.17, 15) is 8.42 Å². The van der Waals surface area contributed by atoms with Gasteiger partial charge in [-0.2, -0.15) is 8.42 Å². The third-order valence-corrected chi connectivity index (χ3v) is 6.36. The lowest BCUT2D eigenvalue weighted by Gasteiger charge is -2.29. The molecule has 132 valence electrons. The van der Waals surface area contributed by atoms with Crippen molar-refractivity contribution in [2.24, 2.45) is 0 Å². The van der Waals surface area contributed by atoms with Gasteiger partial charge in [0.2, 0.25) is 0 Å². The van der Waals surface area contributed by atoms with Gasteiger partial charge in [-0.3, -0.25) is 0 Å². The minimum absolute atomic E-state index is 0.0581. The topological polar surface area (TPSA) is 77.1 Å². The van der Waals surface area contributed by atoms with Gasteiger partial charge in [0.1, 0.15) is 4.47 Å². The first-order valence-electron chi connectivity index (χ1n) is 7.61. The Labute approximate surface area is 155 Å². The highest BCUT2D eigenvalue weighted by Gasteiger charge is 2.30. The van der Waals surface area contributed by atoms with Crippen LogP contribution in [-0.4, -0.2) is 18.1 Å². The van der Waals surface area contributed by atoms with E-state index in [1.165, 1.54) is 0 Å². The molecule has 0 aliphatic carbocycles. The Balaban J connectivity index is 2.02. The Bertz CT molecular complexity index is 991. The zero-order valence-electron chi connectivity index (χ0n) is 14.0. The molecule has 0 bridgehead atoms. The van der Waals surface area contributed by atoms with Gasteiger partial charge in [-0.25, -0.2) is 4.72 Å². The molecule has 0 unspecified atom stereocenters. The maximum atomic E-state index is 12.9. The Morgan fingerprint density at radius 1 is 1.16 bits per heavy atom. The maximum absolute atomic E-state index is 12.9. The predicted octanol–water partition coefficient (Wildman–Crippen LogP) is 4.13. The van der Waals surface area contributed by atoms with E-state index in [1.807, 2.05) is 44.2 Å². The van der Waals surface area contributed by atoms with Crippen LogP contribution in [0.25, 0.3) is 0 Å². The number of nitrogens with one attached hydrogen (secondary N) is 1. The Morgan fingerprint density at radius 3 is 2.44 bits per heavy atom. The van der Waals surface area contributed by atoms with Crippen molar-refractivity contribution in [1.29, 1.82) is 0 Å². The quantitative estimate of drug-likeness (QED) is 0.668. The van der Waals surface area contributed by atoms with Crippen LogP contribution < -0.4 is 4.72 Å². The average Bonchev–Trinajstić information content (AvgIpc) is 3.19. The van der Waals surface area contributed by atoms with Crippen molar-refractivity contribution in [3.8, 4) is 0 Å². The van der Waals surface area contributed by atoms with Crippen LogP contribution in [0.2, 0.25) is 0 Å². The summed E-state index contributed by atoms with van der Waals surface area (Å²) < 4.78 is 35.5. The first-order chi connectivity index (χ1) is 11.7. The fraction of sp³-hybridized carbons (Fsp3) is 0.235. The summed E-state index contributed by atoms with van der Waals surface area (Å²) in [4.78, 5) is 0. The number of benzene rings is 1. The molecule has 0 amide bonds. The third-order valence-electron chi connectivity index (χ3n) is 4.09. The summed E-state index contributed by atoms with van der Waals surface area (Å²) in [6, 6.07) is 13.0. The minimum atomic E-state index is -3.85. The summed E-state index contributed by atoms with van der Waals surface area (Å²) in [5.41, 5.74) is 1.01. The number of hydrogen-bond donors (Lipinski definition) is 1. The zero-order valence-corrected chi connectivity index (χ0v) is 16.4. The van der Waals surface area contributed by atoms with Crippen molar-refractivity contribution < 1.29 is 12.9 Å². The molecule has 2 aromatic heterocycles. The van der Waals surface area contributed by atoms with Gasteiger partial charge in [-0.1, -0.05) is 35.5 Å². The molecule has 0 atom stereocenters. The molecule has 2 heterocycles. The lowest BCUT2D eigenvalue weighted by atomic mass is 9.94. The van der Waals surface area contributed by atoms with E-state index in [-0.39, 0.29) is 10.9 Å². The molecular weight excluding hydrogens is 406 g/mol. The lowest BCUT2D eigenvalue weighted by Crippen LogP contribution is -2.31. The molecule has 6 nitrogen and oxygen atoms in total. The van der Waals surface area contributed by atoms with Gasteiger partial charge in [-0.05, 0) is 54.4 Å². The molecule has 0 radical (unpaired) electrons. The van der Waals surface area contributed by atoms with Crippen molar-refractivity contribution in [3.05, 3.63) is 64.4 Å². The number of aryl methyl sites for hydroxylation is 1. The highest BCUT2D eigenvalue weighted by molar-refractivity contribution is 9.10. The molecule has 3 aromatic rings. The predicted molar refractivity (Wildman–Crippen MR) is 99.0 cm³/mol. The fourth-order valence-corrected chi connectivity index (χ4v) is 4.30. The summed E-state index contributed by atoms with van der Waals surface area (Å²) in [6.07, 6.45) is 1.75. The normalized spacial score (nSPS) is 12.3. The van der Waals surface area contributed by atoms with Gasteiger partial charge >= 0.3 is 0 Å². The van der Waals surface area contributed by atoms with Crippen LogP contribution in [0.15, 0.2) is 62.7 Å². The van der Waals surface area contributed by atoms with E-state index in [0.717, 1.165) is 5.56 Å². The molecule has 25 heavy (non-hydrogen) atoms. The number of hydrogen-bond acceptors (Lipinski definition) is 4. The van der Waals surface area contributed by atoms with Crippen molar-refractivity contribution in [1.82, 2.24) is 9.72 Å². The first-order valence-corrected chi connectivity index (χ1v) is 9.89. The van der Waals surface area contributed by atoms with Gasteiger partial charge in [-0.15, -0.1) is 0 Å². The molecule has 0 spiro atoms. The highest BCUT2D eigenvalue weighted by Crippen LogP contribution is 2.32. The van der Waals surface area contributed by atoms with E-state index in [0.29, 0.717) is 10.2 Å². The van der Waals surface area contributed by atoms with Crippen LogP contribution in [0.1, 0.15) is 25.1 Å². The summed E-state index contributed by atoms with van der Waals surface area (Å²) in [6.45, 7) is 5.65. The molecule has 0 fully saturated rings. The molecule has 0 aliphatic rings. The second-order valence-electron chi connectivity index (χ2n) is 6.16. The Morgan fingerprint density at radius 2 is 1.84 bits per heavy atom. The third kappa shape index (κ3) is 3.23. The monoisotopic (exact) mass is 423 g/mol. The number of halogens is 1. The summed E-state index contributed by atoms with van der Waals surface area (Å²) in [7, 11) is -3.85. The summed E-state index contributed by atoms with van der Waals surface area (Å²) in [5, 5.41) is 3.89. The number of sulfonamides is 1. The molecule has 0 saturated carbocycles. The molecule has 8 heteroatoms. The Kier molecular flexibility index (Phi) is 4.51. The van der Waals surface area contributed by atoms with E-state index in [2.05, 4.69) is 25.8 Å². The van der Waals surface area contributed by atoms with E-state index in [4.69, 9.17) is 4.52 Å². The van der Waals surface area contributed by atoms with Crippen LogP contribution in [0.3, 0.4) is 0 Å². The first kappa shape index (κ1) is 17.8. The smallest absolute Gasteiger partial charge is 0.279 e. The van der Waals surface area contributed by atoms with Gasteiger partial charge in [0.15, 0.2) is 5.03 Å². The largest absolute Gasteiger partial charge is 0.336 e. The van der Waals surface area contributed by atoms with Crippen LogP contribution in [0.5, 0.6) is 0 Å². The van der Waals surface area contributed by atoms with Crippen molar-refractivity contribution in [3.63, 3.8) is 0 Å². The number of anilines is 1. The number of nitrogens with zero attached hydrogens (tertiary/aromatic N) is 2. The van der Waals surface area contributed by atoms with Crippen LogP contribution in [-0.2, 0) is 15.6 Å². The number of aromatic nitrogens is 2. The summed E-state index contributed by atoms with van der Waals surface area (Å²) in [5.74, 6) is 0.0581. The fourth-order valence-electron chi connectivity index (χ4n) is 2.63. The summed E-state index contributed by atoms with van der Waals surface area (Å²) >= 11 is 3.27. The Hall–Kier alpha value is -2.06. The minimum Gasteiger partial charge on any atom is -0.336 e. The highest BCUT2D eigenvalue weighted by atomic mass is 79.9. The van der Waals surface area contributed by atoms with Gasteiger partial charge in [0.05, 0.1) is 11.2 Å². The van der Waals surface area contributed by atoms with E-state index >= 15 is 0 Å². The van der Waals surface area contributed by atoms with Crippen molar-refractivity contribution in [2.75, 3.05) is 4.72 Å². The van der Waals surface area contributed by atoms with E-state index in [1.54, 1.807) is 29.8 Å². The van der Waals surface area contributed by atoms with Crippen LogP contribution in [0.4, 0.5) is 5.88 Å². The molecular formula is C17H18BrN3O3S. The molecule has 3 rings (SSSR count). The van der Waals surface area contributed by atoms with Gasteiger partial charge < -0.3 is 9.09 Å². The standard InChI is InChI=1S/C17H18BrN3O3S/c1-12-15(18)16(24-19-12)20-25(22,23)14-10-7-11-21(14)17(2,3)13-8-5-4-6-9-13/h4-11,20H,1-3H3. The SMILES string of the molecule is Cc1noc(NS(=O)(=O)c2cccn2C(C)(C)c2ccccc2)c1Br. The molecule has 0 saturated heterocycles. The maximum Gasteiger partial charge on any atom is 0.279 e. The molecule has 1 aromatic carbocycles. The average molecular weight is 424 g/mol. The second kappa shape index (κ2) is 6.34. The van der Waals surface area contributed by atoms with E-state index < -0.39 is 15.6 Å².